The molecule has 110 valence electrons. The highest BCUT2D eigenvalue weighted by atomic mass is 16.5. The molecule has 0 bridgehead atoms. The van der Waals surface area contributed by atoms with Crippen molar-refractivity contribution in [3.63, 3.8) is 0 Å². The van der Waals surface area contributed by atoms with E-state index in [-0.39, 0.29) is 11.9 Å². The largest absolute Gasteiger partial charge is 0.497 e. The Bertz CT molecular complexity index is 471. The van der Waals surface area contributed by atoms with E-state index in [1.54, 1.807) is 7.11 Å². The number of likely N-dealkylation sites (N-methyl/N-ethyl adjacent to an activating group) is 1. The minimum Gasteiger partial charge on any atom is -0.497 e. The van der Waals surface area contributed by atoms with Crippen LogP contribution in [0.4, 0.5) is 5.69 Å². The standard InChI is InChI=1S/C15H22N2O3/c1-17(12-6-8-13(19-2)9-7-12)10-15(16,11-4-5-11)14(18)20-3/h6-9,11H,4-5,10,16H2,1-3H3. The Kier molecular flexibility index (Phi) is 4.18. The number of carbonyl (C=O) groups excluding carboxylic acids is 1. The van der Waals surface area contributed by atoms with Gasteiger partial charge in [-0.1, -0.05) is 0 Å². The molecule has 5 heteroatoms. The van der Waals surface area contributed by atoms with Crippen molar-refractivity contribution in [3.8, 4) is 5.75 Å². The highest BCUT2D eigenvalue weighted by Gasteiger charge is 2.49. The molecule has 1 fully saturated rings. The van der Waals surface area contributed by atoms with E-state index in [4.69, 9.17) is 15.2 Å². The molecular weight excluding hydrogens is 256 g/mol. The summed E-state index contributed by atoms with van der Waals surface area (Å²) in [5, 5.41) is 0. The van der Waals surface area contributed by atoms with E-state index < -0.39 is 5.54 Å². The van der Waals surface area contributed by atoms with Crippen LogP contribution in [0.2, 0.25) is 0 Å². The molecule has 5 nitrogen and oxygen atoms in total. The SMILES string of the molecule is COC(=O)C(N)(CN(C)c1ccc(OC)cc1)C1CC1. The summed E-state index contributed by atoms with van der Waals surface area (Å²) < 4.78 is 10.0. The molecule has 1 aliphatic rings. The number of ether oxygens (including phenoxy) is 2. The monoisotopic (exact) mass is 278 g/mol. The first-order valence-electron chi connectivity index (χ1n) is 6.73. The fourth-order valence-electron chi connectivity index (χ4n) is 2.47. The summed E-state index contributed by atoms with van der Waals surface area (Å²) in [6.45, 7) is 0.441. The van der Waals surface area contributed by atoms with Crippen molar-refractivity contribution in [2.45, 2.75) is 18.4 Å². The van der Waals surface area contributed by atoms with Crippen LogP contribution in [-0.4, -0.2) is 39.3 Å². The van der Waals surface area contributed by atoms with Crippen molar-refractivity contribution < 1.29 is 14.3 Å². The molecule has 0 heterocycles. The van der Waals surface area contributed by atoms with E-state index in [0.717, 1.165) is 24.3 Å². The van der Waals surface area contributed by atoms with Crippen LogP contribution in [0.15, 0.2) is 24.3 Å². The van der Waals surface area contributed by atoms with E-state index in [1.165, 1.54) is 7.11 Å². The minimum absolute atomic E-state index is 0.218. The molecular formula is C15H22N2O3. The number of methoxy groups -OCH3 is 2. The lowest BCUT2D eigenvalue weighted by molar-refractivity contribution is -0.147. The van der Waals surface area contributed by atoms with Crippen LogP contribution < -0.4 is 15.4 Å². The number of hydrogen-bond donors (Lipinski definition) is 1. The van der Waals surface area contributed by atoms with Gasteiger partial charge in [0, 0.05) is 19.3 Å². The van der Waals surface area contributed by atoms with Crippen molar-refractivity contribution >= 4 is 11.7 Å². The average molecular weight is 278 g/mol. The van der Waals surface area contributed by atoms with E-state index in [2.05, 4.69) is 0 Å². The molecule has 20 heavy (non-hydrogen) atoms. The van der Waals surface area contributed by atoms with Gasteiger partial charge in [0.05, 0.1) is 14.2 Å². The topological polar surface area (TPSA) is 64.8 Å². The van der Waals surface area contributed by atoms with Gasteiger partial charge < -0.3 is 20.1 Å². The van der Waals surface area contributed by atoms with Crippen molar-refractivity contribution in [1.29, 1.82) is 0 Å². The Balaban J connectivity index is 2.11. The summed E-state index contributed by atoms with van der Waals surface area (Å²) in [4.78, 5) is 14.0. The Hall–Kier alpha value is -1.75. The molecule has 0 aromatic heterocycles. The molecule has 0 radical (unpaired) electrons. The lowest BCUT2D eigenvalue weighted by Gasteiger charge is -2.32. The third-order valence-electron chi connectivity index (χ3n) is 3.88. The summed E-state index contributed by atoms with van der Waals surface area (Å²) in [7, 11) is 4.95. The number of nitrogens with zero attached hydrogens (tertiary/aromatic N) is 1. The maximum atomic E-state index is 12.0. The van der Waals surface area contributed by atoms with E-state index >= 15 is 0 Å². The lowest BCUT2D eigenvalue weighted by Crippen LogP contribution is -2.58. The van der Waals surface area contributed by atoms with Gasteiger partial charge >= 0.3 is 5.97 Å². The molecule has 1 atom stereocenters. The lowest BCUT2D eigenvalue weighted by atomic mass is 9.93. The van der Waals surface area contributed by atoms with Crippen molar-refractivity contribution in [2.24, 2.45) is 11.7 Å². The summed E-state index contributed by atoms with van der Waals surface area (Å²) in [5.74, 6) is 0.687. The van der Waals surface area contributed by atoms with Crippen LogP contribution in [-0.2, 0) is 9.53 Å². The van der Waals surface area contributed by atoms with Gasteiger partial charge in [0.25, 0.3) is 0 Å². The second-order valence-corrected chi connectivity index (χ2v) is 5.36. The maximum Gasteiger partial charge on any atom is 0.327 e. The van der Waals surface area contributed by atoms with Crippen LogP contribution >= 0.6 is 0 Å². The smallest absolute Gasteiger partial charge is 0.327 e. The molecule has 0 amide bonds. The average Bonchev–Trinajstić information content (AvgIpc) is 3.31. The Morgan fingerprint density at radius 3 is 2.40 bits per heavy atom. The van der Waals surface area contributed by atoms with Gasteiger partial charge in [-0.25, -0.2) is 4.79 Å². The molecule has 1 aromatic rings. The summed E-state index contributed by atoms with van der Waals surface area (Å²) in [5.41, 5.74) is 6.37. The third-order valence-corrected chi connectivity index (χ3v) is 3.88. The van der Waals surface area contributed by atoms with Gasteiger partial charge in [-0.3, -0.25) is 0 Å². The molecule has 2 N–H and O–H groups in total. The normalized spacial score (nSPS) is 17.2. The number of hydrogen-bond acceptors (Lipinski definition) is 5. The predicted molar refractivity (Wildman–Crippen MR) is 77.9 cm³/mol. The van der Waals surface area contributed by atoms with E-state index in [1.807, 2.05) is 36.2 Å². The highest BCUT2D eigenvalue weighted by molar-refractivity contribution is 5.82. The fourth-order valence-corrected chi connectivity index (χ4v) is 2.47. The number of esters is 1. The molecule has 0 spiro atoms. The van der Waals surface area contributed by atoms with Crippen LogP contribution in [0.3, 0.4) is 0 Å². The first kappa shape index (κ1) is 14.7. The van der Waals surface area contributed by atoms with Gasteiger partial charge in [0.15, 0.2) is 0 Å². The first-order chi connectivity index (χ1) is 9.51. The van der Waals surface area contributed by atoms with Crippen molar-refractivity contribution in [1.82, 2.24) is 0 Å². The predicted octanol–water partition coefficient (Wildman–Crippen LogP) is 1.41. The zero-order chi connectivity index (χ0) is 14.8. The second-order valence-electron chi connectivity index (χ2n) is 5.36. The Morgan fingerprint density at radius 1 is 1.35 bits per heavy atom. The van der Waals surface area contributed by atoms with Gasteiger partial charge in [-0.15, -0.1) is 0 Å². The van der Waals surface area contributed by atoms with E-state index in [0.29, 0.717) is 6.54 Å². The van der Waals surface area contributed by atoms with Crippen molar-refractivity contribution in [2.75, 3.05) is 32.7 Å². The Labute approximate surface area is 119 Å². The molecule has 1 saturated carbocycles. The quantitative estimate of drug-likeness (QED) is 0.797. The molecule has 2 rings (SSSR count). The molecule has 1 unspecified atom stereocenters. The number of rotatable bonds is 6. The molecule has 1 aromatic carbocycles. The van der Waals surface area contributed by atoms with Crippen LogP contribution in [0.1, 0.15) is 12.8 Å². The molecule has 0 aliphatic heterocycles. The van der Waals surface area contributed by atoms with Gasteiger partial charge in [0.2, 0.25) is 0 Å². The van der Waals surface area contributed by atoms with Crippen LogP contribution in [0.5, 0.6) is 5.75 Å². The minimum atomic E-state index is -0.927. The zero-order valence-electron chi connectivity index (χ0n) is 12.3. The second kappa shape index (κ2) is 5.71. The van der Waals surface area contributed by atoms with Gasteiger partial charge in [0.1, 0.15) is 11.3 Å². The summed E-state index contributed by atoms with van der Waals surface area (Å²) in [6, 6.07) is 7.67. The van der Waals surface area contributed by atoms with Crippen molar-refractivity contribution in [3.05, 3.63) is 24.3 Å². The molecule has 0 saturated heterocycles. The summed E-state index contributed by atoms with van der Waals surface area (Å²) >= 11 is 0. The summed E-state index contributed by atoms with van der Waals surface area (Å²) in [6.07, 6.45) is 1.98. The molecule has 1 aliphatic carbocycles. The number of nitrogens with two attached hydrogens (primary N) is 1. The third kappa shape index (κ3) is 2.88. The highest BCUT2D eigenvalue weighted by Crippen LogP contribution is 2.39. The number of carbonyl (C=O) groups is 1. The fraction of sp³-hybridized carbons (Fsp3) is 0.533. The van der Waals surface area contributed by atoms with Gasteiger partial charge in [-0.2, -0.15) is 0 Å². The number of anilines is 1. The van der Waals surface area contributed by atoms with Crippen LogP contribution in [0, 0.1) is 5.92 Å². The van der Waals surface area contributed by atoms with E-state index in [9.17, 15) is 4.79 Å². The Morgan fingerprint density at radius 2 is 1.95 bits per heavy atom. The van der Waals surface area contributed by atoms with Gasteiger partial charge in [-0.05, 0) is 43.0 Å². The number of benzene rings is 1. The first-order valence-corrected chi connectivity index (χ1v) is 6.73. The zero-order valence-corrected chi connectivity index (χ0v) is 12.3. The maximum absolute atomic E-state index is 12.0. The van der Waals surface area contributed by atoms with Crippen LogP contribution in [0.25, 0.3) is 0 Å².